The number of hydrogen-bond acceptors (Lipinski definition) is 2. The van der Waals surface area contributed by atoms with Crippen molar-refractivity contribution in [2.24, 2.45) is 0 Å². The largest absolute Gasteiger partial charge is 0.394 e. The zero-order chi connectivity index (χ0) is 3.41. The van der Waals surface area contributed by atoms with Gasteiger partial charge in [0.1, 0.15) is 0 Å². The Morgan fingerprint density at radius 2 is 1.20 bits per heavy atom. The molecule has 0 heterocycles. The number of aliphatic hydroxyl groups excluding tert-OH is 2. The van der Waals surface area contributed by atoms with Crippen LogP contribution in [0.4, 0.5) is 0 Å². The fourth-order valence-electron chi connectivity index (χ4n) is 0. The van der Waals surface area contributed by atoms with E-state index < -0.39 is 0 Å². The Bertz CT molecular complexity index is 9.61. The molecule has 5 heavy (non-hydrogen) atoms. The minimum Gasteiger partial charge on any atom is -0.394 e. The zero-order valence-electron chi connectivity index (χ0n) is 2.72. The summed E-state index contributed by atoms with van der Waals surface area (Å²) in [6.07, 6.45) is 0. The van der Waals surface area contributed by atoms with E-state index in [9.17, 15) is 0 Å². The monoisotopic (exact) mass is 246 g/mol. The summed E-state index contributed by atoms with van der Waals surface area (Å²) < 4.78 is 0. The zero-order valence-corrected chi connectivity index (χ0v) is 5.65. The Hall–Kier alpha value is 0.608. The van der Waals surface area contributed by atoms with Gasteiger partial charge in [-0.25, -0.2) is 0 Å². The first-order valence-corrected chi connectivity index (χ1v) is 1.13. The summed E-state index contributed by atoms with van der Waals surface area (Å²) >= 11 is 0. The average molecular weight is 246 g/mol. The summed E-state index contributed by atoms with van der Waals surface area (Å²) in [6.45, 7) is -0.250. The van der Waals surface area contributed by atoms with Gasteiger partial charge in [-0.3, -0.25) is 0 Å². The van der Waals surface area contributed by atoms with Crippen molar-refractivity contribution in [3.63, 3.8) is 0 Å². The van der Waals surface area contributed by atoms with Crippen LogP contribution in [-0.2, 0) is 21.1 Å². The van der Waals surface area contributed by atoms with Crippen LogP contribution >= 0.6 is 0 Å². The second kappa shape index (κ2) is 8.82. The molecule has 0 amide bonds. The summed E-state index contributed by atoms with van der Waals surface area (Å²) in [7, 11) is 0. The Morgan fingerprint density at radius 1 is 1.00 bits per heavy atom. The van der Waals surface area contributed by atoms with Crippen LogP contribution in [0, 0.1) is 0 Å². The van der Waals surface area contributed by atoms with E-state index in [1.807, 2.05) is 0 Å². The van der Waals surface area contributed by atoms with Gasteiger partial charge in [-0.05, 0) is 0 Å². The summed E-state index contributed by atoms with van der Waals surface area (Å²) in [5.74, 6) is 0. The molecule has 0 bridgehead atoms. The van der Waals surface area contributed by atoms with E-state index in [0.29, 0.717) is 0 Å². The SMILES string of the molecule is OCCO.[W]. The number of aliphatic hydroxyl groups is 2. The third-order valence-electron chi connectivity index (χ3n) is 0.1000. The number of rotatable bonds is 1. The van der Waals surface area contributed by atoms with E-state index in [2.05, 4.69) is 0 Å². The molecule has 0 saturated carbocycles. The molecular weight excluding hydrogens is 240 g/mol. The van der Waals surface area contributed by atoms with Gasteiger partial charge in [0.05, 0.1) is 13.2 Å². The Labute approximate surface area is 45.1 Å². The fourth-order valence-corrected chi connectivity index (χ4v) is 0. The molecule has 0 aliphatic heterocycles. The molecule has 0 aliphatic rings. The molecule has 0 spiro atoms. The van der Waals surface area contributed by atoms with Crippen molar-refractivity contribution >= 4 is 0 Å². The Balaban J connectivity index is 0. The quantitative estimate of drug-likeness (QED) is 0.621. The third-order valence-corrected chi connectivity index (χ3v) is 0.1000. The summed E-state index contributed by atoms with van der Waals surface area (Å²) in [5, 5.41) is 15.2. The van der Waals surface area contributed by atoms with Gasteiger partial charge < -0.3 is 10.2 Å². The van der Waals surface area contributed by atoms with E-state index in [4.69, 9.17) is 10.2 Å². The molecular formula is C2H6O2W. The normalized spacial score (nSPS) is 6.00. The van der Waals surface area contributed by atoms with Crippen LogP contribution in [0.3, 0.4) is 0 Å². The average Bonchev–Trinajstić information content (AvgIpc) is 1.37. The van der Waals surface area contributed by atoms with Crippen molar-refractivity contribution in [3.05, 3.63) is 0 Å². The minimum absolute atomic E-state index is 0. The van der Waals surface area contributed by atoms with Crippen LogP contribution in [-0.4, -0.2) is 23.4 Å². The van der Waals surface area contributed by atoms with E-state index in [0.717, 1.165) is 0 Å². The van der Waals surface area contributed by atoms with Crippen LogP contribution in [0.2, 0.25) is 0 Å². The van der Waals surface area contributed by atoms with E-state index >= 15 is 0 Å². The smallest absolute Gasteiger partial charge is 0.0662 e. The molecule has 3 heteroatoms. The van der Waals surface area contributed by atoms with Crippen molar-refractivity contribution in [3.8, 4) is 0 Å². The second-order valence-electron chi connectivity index (χ2n) is 0.447. The second-order valence-corrected chi connectivity index (χ2v) is 0.447. The van der Waals surface area contributed by atoms with Crippen LogP contribution in [0.5, 0.6) is 0 Å². The third kappa shape index (κ3) is 12.1. The first kappa shape index (κ1) is 9.15. The van der Waals surface area contributed by atoms with Gasteiger partial charge in [0.2, 0.25) is 0 Å². The molecule has 0 radical (unpaired) electrons. The molecule has 0 unspecified atom stereocenters. The molecule has 2 nitrogen and oxygen atoms in total. The van der Waals surface area contributed by atoms with Gasteiger partial charge in [0.15, 0.2) is 0 Å². The fraction of sp³-hybridized carbons (Fsp3) is 1.00. The van der Waals surface area contributed by atoms with Gasteiger partial charge in [0, 0.05) is 21.1 Å². The van der Waals surface area contributed by atoms with Crippen LogP contribution in [0.25, 0.3) is 0 Å². The molecule has 0 aromatic carbocycles. The number of hydrogen-bond donors (Lipinski definition) is 2. The topological polar surface area (TPSA) is 40.5 Å². The van der Waals surface area contributed by atoms with Crippen LogP contribution < -0.4 is 0 Å². The summed E-state index contributed by atoms with van der Waals surface area (Å²) in [5.41, 5.74) is 0. The molecule has 0 aliphatic carbocycles. The summed E-state index contributed by atoms with van der Waals surface area (Å²) in [6, 6.07) is 0. The van der Waals surface area contributed by atoms with Crippen LogP contribution in [0.1, 0.15) is 0 Å². The first-order valence-electron chi connectivity index (χ1n) is 1.13. The standard InChI is InChI=1S/C2H6O2.W/c3-1-2-4;/h3-4H,1-2H2;. The molecule has 0 aromatic heterocycles. The molecule has 32 valence electrons. The predicted molar refractivity (Wildman–Crippen MR) is 14.2 cm³/mol. The van der Waals surface area contributed by atoms with Gasteiger partial charge in [-0.2, -0.15) is 0 Å². The molecule has 0 rings (SSSR count). The van der Waals surface area contributed by atoms with Gasteiger partial charge in [0.25, 0.3) is 0 Å². The van der Waals surface area contributed by atoms with Crippen molar-refractivity contribution in [1.82, 2.24) is 0 Å². The maximum Gasteiger partial charge on any atom is 0.0662 e. The molecule has 0 atom stereocenters. The maximum absolute atomic E-state index is 7.62. The van der Waals surface area contributed by atoms with E-state index in [-0.39, 0.29) is 34.3 Å². The van der Waals surface area contributed by atoms with Gasteiger partial charge >= 0.3 is 0 Å². The minimum atomic E-state index is -0.125. The van der Waals surface area contributed by atoms with Gasteiger partial charge in [-0.1, -0.05) is 0 Å². The molecule has 2 N–H and O–H groups in total. The van der Waals surface area contributed by atoms with Gasteiger partial charge in [-0.15, -0.1) is 0 Å². The maximum atomic E-state index is 7.62. The first-order chi connectivity index (χ1) is 1.91. The van der Waals surface area contributed by atoms with E-state index in [1.54, 1.807) is 0 Å². The Morgan fingerprint density at radius 3 is 1.20 bits per heavy atom. The Kier molecular flexibility index (Phi) is 16.1. The van der Waals surface area contributed by atoms with Crippen LogP contribution in [0.15, 0.2) is 0 Å². The molecule has 0 aromatic rings. The van der Waals surface area contributed by atoms with E-state index in [1.165, 1.54) is 0 Å². The van der Waals surface area contributed by atoms with Crippen molar-refractivity contribution in [2.45, 2.75) is 0 Å². The van der Waals surface area contributed by atoms with Crippen molar-refractivity contribution in [1.29, 1.82) is 0 Å². The molecule has 0 fully saturated rings. The summed E-state index contributed by atoms with van der Waals surface area (Å²) in [4.78, 5) is 0. The molecule has 0 saturated heterocycles. The van der Waals surface area contributed by atoms with Crippen molar-refractivity contribution in [2.75, 3.05) is 13.2 Å². The van der Waals surface area contributed by atoms with Crippen molar-refractivity contribution < 1.29 is 31.3 Å². The predicted octanol–water partition coefficient (Wildman–Crippen LogP) is -1.03.